The first-order valence-electron chi connectivity index (χ1n) is 14.5. The molecular weight excluding hydrogens is 575 g/mol. The standard InChI is InChI=1S/C31H33FN4O4S2/c1-3-33(4-2)21-12-8-19(9-13-21)24-25-26(29(39)36(28(25)38)22-14-10-20(32)11-15-22)41-30-27(24)42-31(40)35(30)18-23(37)34-16-6-5-7-17-34/h8-15,24-26H,3-7,16-18H2,1-2H3/t24-,25?,26?/m1/s1. The summed E-state index contributed by atoms with van der Waals surface area (Å²) in [7, 11) is 0. The van der Waals surface area contributed by atoms with Crippen molar-refractivity contribution in [1.29, 1.82) is 0 Å². The Morgan fingerprint density at radius 3 is 2.24 bits per heavy atom. The van der Waals surface area contributed by atoms with E-state index < -0.39 is 28.8 Å². The van der Waals surface area contributed by atoms with Gasteiger partial charge in [0.05, 0.1) is 16.6 Å². The molecule has 0 aliphatic carbocycles. The predicted octanol–water partition coefficient (Wildman–Crippen LogP) is 4.70. The van der Waals surface area contributed by atoms with Crippen LogP contribution in [0.15, 0.2) is 58.4 Å². The van der Waals surface area contributed by atoms with E-state index >= 15 is 0 Å². The number of halogens is 1. The summed E-state index contributed by atoms with van der Waals surface area (Å²) in [4.78, 5) is 60.1. The number of rotatable bonds is 7. The summed E-state index contributed by atoms with van der Waals surface area (Å²) in [5.41, 5.74) is 2.20. The zero-order chi connectivity index (χ0) is 29.5. The molecule has 3 amide bonds. The Hall–Kier alpha value is -3.44. The lowest BCUT2D eigenvalue weighted by atomic mass is 9.83. The van der Waals surface area contributed by atoms with Crippen LogP contribution in [0.4, 0.5) is 15.8 Å². The number of carbonyl (C=O) groups excluding carboxylic acids is 3. The molecule has 220 valence electrons. The molecule has 8 nitrogen and oxygen atoms in total. The molecule has 0 N–H and O–H groups in total. The molecular formula is C31H33FN4O4S2. The van der Waals surface area contributed by atoms with E-state index in [1.54, 1.807) is 4.90 Å². The molecule has 0 spiro atoms. The van der Waals surface area contributed by atoms with Gasteiger partial charge in [-0.25, -0.2) is 9.29 Å². The number of fused-ring (bicyclic) bond motifs is 2. The maximum Gasteiger partial charge on any atom is 0.308 e. The zero-order valence-electron chi connectivity index (χ0n) is 23.6. The highest BCUT2D eigenvalue weighted by Crippen LogP contribution is 2.54. The van der Waals surface area contributed by atoms with E-state index in [0.29, 0.717) is 28.7 Å². The highest BCUT2D eigenvalue weighted by atomic mass is 32.2. The molecule has 11 heteroatoms. The van der Waals surface area contributed by atoms with Crippen molar-refractivity contribution in [2.75, 3.05) is 36.0 Å². The van der Waals surface area contributed by atoms with Crippen LogP contribution in [0.5, 0.6) is 0 Å². The van der Waals surface area contributed by atoms with Crippen molar-refractivity contribution in [1.82, 2.24) is 9.47 Å². The second kappa shape index (κ2) is 11.7. The average molecular weight is 609 g/mol. The Morgan fingerprint density at radius 2 is 1.60 bits per heavy atom. The van der Waals surface area contributed by atoms with Crippen LogP contribution in [-0.4, -0.2) is 58.6 Å². The average Bonchev–Trinajstić information content (AvgIpc) is 3.45. The number of hydrogen-bond acceptors (Lipinski definition) is 7. The lowest BCUT2D eigenvalue weighted by Gasteiger charge is -2.31. The second-order valence-corrected chi connectivity index (χ2v) is 13.0. The number of thioether (sulfide) groups is 1. The number of aromatic nitrogens is 1. The fourth-order valence-corrected chi connectivity index (χ4v) is 9.09. The van der Waals surface area contributed by atoms with Gasteiger partial charge in [-0.2, -0.15) is 0 Å². The molecule has 3 aliphatic rings. The quantitative estimate of drug-likeness (QED) is 0.362. The van der Waals surface area contributed by atoms with Crippen molar-refractivity contribution < 1.29 is 18.8 Å². The van der Waals surface area contributed by atoms with Crippen molar-refractivity contribution in [2.24, 2.45) is 5.92 Å². The Balaban J connectivity index is 1.43. The summed E-state index contributed by atoms with van der Waals surface area (Å²) in [5.74, 6) is -2.62. The second-order valence-electron chi connectivity index (χ2n) is 10.9. The van der Waals surface area contributed by atoms with E-state index in [1.165, 1.54) is 40.6 Å². The smallest absolute Gasteiger partial charge is 0.308 e. The molecule has 0 bridgehead atoms. The maximum atomic E-state index is 14.0. The highest BCUT2D eigenvalue weighted by molar-refractivity contribution is 8.00. The van der Waals surface area contributed by atoms with E-state index in [9.17, 15) is 23.6 Å². The molecule has 42 heavy (non-hydrogen) atoms. The number of likely N-dealkylation sites (tertiary alicyclic amines) is 1. The predicted molar refractivity (Wildman–Crippen MR) is 163 cm³/mol. The van der Waals surface area contributed by atoms with Crippen LogP contribution in [0.1, 0.15) is 49.5 Å². The lowest BCUT2D eigenvalue weighted by molar-refractivity contribution is -0.133. The van der Waals surface area contributed by atoms with E-state index in [1.807, 2.05) is 24.3 Å². The summed E-state index contributed by atoms with van der Waals surface area (Å²) in [6.45, 7) is 7.14. The highest BCUT2D eigenvalue weighted by Gasteiger charge is 2.56. The summed E-state index contributed by atoms with van der Waals surface area (Å²) >= 11 is 2.25. The van der Waals surface area contributed by atoms with Crippen molar-refractivity contribution in [3.63, 3.8) is 0 Å². The van der Waals surface area contributed by atoms with Gasteiger partial charge in [0.25, 0.3) is 0 Å². The molecule has 6 rings (SSSR count). The molecule has 4 heterocycles. The topological polar surface area (TPSA) is 82.9 Å². The minimum Gasteiger partial charge on any atom is -0.372 e. The van der Waals surface area contributed by atoms with E-state index in [-0.39, 0.29) is 23.2 Å². The molecule has 0 radical (unpaired) electrons. The van der Waals surface area contributed by atoms with Gasteiger partial charge >= 0.3 is 4.87 Å². The van der Waals surface area contributed by atoms with E-state index in [2.05, 4.69) is 18.7 Å². The molecule has 3 aliphatic heterocycles. The van der Waals surface area contributed by atoms with Crippen LogP contribution in [0, 0.1) is 11.7 Å². The van der Waals surface area contributed by atoms with Gasteiger partial charge in [-0.15, -0.1) is 0 Å². The van der Waals surface area contributed by atoms with Crippen LogP contribution in [0.2, 0.25) is 0 Å². The van der Waals surface area contributed by atoms with E-state index in [4.69, 9.17) is 0 Å². The Bertz CT molecular complexity index is 1560. The number of imide groups is 1. The fourth-order valence-electron chi connectivity index (χ4n) is 6.32. The summed E-state index contributed by atoms with van der Waals surface area (Å²) in [6, 6.07) is 13.3. The third-order valence-electron chi connectivity index (χ3n) is 8.52. The van der Waals surface area contributed by atoms with Gasteiger partial charge < -0.3 is 9.80 Å². The first-order valence-corrected chi connectivity index (χ1v) is 16.2. The minimum atomic E-state index is -0.784. The van der Waals surface area contributed by atoms with Gasteiger partial charge in [0.15, 0.2) is 0 Å². The van der Waals surface area contributed by atoms with Gasteiger partial charge in [0.1, 0.15) is 17.6 Å². The van der Waals surface area contributed by atoms with Gasteiger partial charge in [-0.1, -0.05) is 35.2 Å². The number of amides is 3. The van der Waals surface area contributed by atoms with Crippen molar-refractivity contribution in [2.45, 2.75) is 55.8 Å². The van der Waals surface area contributed by atoms with Gasteiger partial charge in [0, 0.05) is 42.7 Å². The van der Waals surface area contributed by atoms with Gasteiger partial charge in [-0.3, -0.25) is 23.7 Å². The van der Waals surface area contributed by atoms with Crippen molar-refractivity contribution in [3.05, 3.63) is 74.5 Å². The van der Waals surface area contributed by atoms with Crippen LogP contribution in [0.25, 0.3) is 0 Å². The SMILES string of the molecule is CCN(CC)c1ccc([C@H]2c3sc(=O)n(CC(=O)N4CCCCC4)c3SC3C(=O)N(c4ccc(F)cc4)C(=O)C32)cc1. The molecule has 0 saturated carbocycles. The molecule has 3 atom stereocenters. The van der Waals surface area contributed by atoms with Crippen LogP contribution >= 0.6 is 23.1 Å². The van der Waals surface area contributed by atoms with Crippen LogP contribution < -0.4 is 14.7 Å². The first-order chi connectivity index (χ1) is 20.3. The molecule has 3 aromatic rings. The zero-order valence-corrected chi connectivity index (χ0v) is 25.3. The number of piperidine rings is 1. The van der Waals surface area contributed by atoms with Gasteiger partial charge in [-0.05, 0) is 75.1 Å². The Kier molecular flexibility index (Phi) is 7.97. The van der Waals surface area contributed by atoms with Crippen molar-refractivity contribution >= 4 is 52.2 Å². The van der Waals surface area contributed by atoms with Crippen LogP contribution in [-0.2, 0) is 20.9 Å². The molecule has 2 fully saturated rings. The van der Waals surface area contributed by atoms with Crippen LogP contribution in [0.3, 0.4) is 0 Å². The normalized spacial score (nSPS) is 21.8. The number of anilines is 2. The van der Waals surface area contributed by atoms with Gasteiger partial charge in [0.2, 0.25) is 17.7 Å². The monoisotopic (exact) mass is 608 g/mol. The lowest BCUT2D eigenvalue weighted by Crippen LogP contribution is -2.39. The molecule has 2 saturated heterocycles. The molecule has 2 unspecified atom stereocenters. The third kappa shape index (κ3) is 4.96. The largest absolute Gasteiger partial charge is 0.372 e. The summed E-state index contributed by atoms with van der Waals surface area (Å²) < 4.78 is 15.2. The first kappa shape index (κ1) is 28.7. The summed E-state index contributed by atoms with van der Waals surface area (Å²) in [5, 5.41) is -0.204. The number of nitrogens with zero attached hydrogens (tertiary/aromatic N) is 4. The van der Waals surface area contributed by atoms with Crippen molar-refractivity contribution in [3.8, 4) is 0 Å². The molecule has 1 aromatic heterocycles. The third-order valence-corrected chi connectivity index (χ3v) is 11.1. The Labute approximate surface area is 252 Å². The maximum absolute atomic E-state index is 14.0. The number of benzene rings is 2. The number of hydrogen-bond donors (Lipinski definition) is 0. The number of thiazole rings is 1. The number of carbonyl (C=O) groups is 3. The van der Waals surface area contributed by atoms with E-state index in [0.717, 1.165) is 59.8 Å². The fraction of sp³-hybridized carbons (Fsp3) is 0.419. The molecule has 2 aromatic carbocycles. The minimum absolute atomic E-state index is 0.0908. The Morgan fingerprint density at radius 1 is 0.929 bits per heavy atom. The summed E-state index contributed by atoms with van der Waals surface area (Å²) in [6.07, 6.45) is 2.98.